The van der Waals surface area contributed by atoms with E-state index in [-0.39, 0.29) is 0 Å². The van der Waals surface area contributed by atoms with Gasteiger partial charge < -0.3 is 14.4 Å². The van der Waals surface area contributed by atoms with Crippen molar-refractivity contribution in [2.45, 2.75) is 5.41 Å². The van der Waals surface area contributed by atoms with Crippen LogP contribution in [0.3, 0.4) is 0 Å². The van der Waals surface area contributed by atoms with Crippen LogP contribution in [-0.4, -0.2) is 4.57 Å². The first-order valence-electron chi connectivity index (χ1n) is 23.5. The van der Waals surface area contributed by atoms with Gasteiger partial charge in [-0.15, -0.1) is 0 Å². The van der Waals surface area contributed by atoms with E-state index in [1.165, 1.54) is 77.1 Å². The van der Waals surface area contributed by atoms with Crippen LogP contribution in [0.5, 0.6) is 0 Å². The summed E-state index contributed by atoms with van der Waals surface area (Å²) in [6.45, 7) is 0. The van der Waals surface area contributed by atoms with E-state index in [0.717, 1.165) is 39.8 Å². The molecule has 68 heavy (non-hydrogen) atoms. The van der Waals surface area contributed by atoms with Crippen LogP contribution in [0.1, 0.15) is 22.3 Å². The van der Waals surface area contributed by atoms with Crippen molar-refractivity contribution in [1.82, 2.24) is 4.57 Å². The number of rotatable bonds is 7. The molecule has 0 saturated carbocycles. The smallest absolute Gasteiger partial charge is 0.0732 e. The van der Waals surface area contributed by atoms with Crippen molar-refractivity contribution in [2.24, 2.45) is 0 Å². The Kier molecular flexibility index (Phi) is 8.50. The zero-order valence-electron chi connectivity index (χ0n) is 37.2. The highest BCUT2D eigenvalue weighted by Crippen LogP contribution is 2.66. The van der Waals surface area contributed by atoms with Crippen molar-refractivity contribution in [2.75, 3.05) is 9.80 Å². The second-order valence-corrected chi connectivity index (χ2v) is 18.0. The standard InChI is InChI=1S/C65H43N3/c1-5-22-44(23-6-1)66(45-24-7-2-8-25-45)62-43-55-49-30-15-18-35-56(49)65(64(55)53-33-14-13-32-51(53)62)57-36-19-16-34-54(57)63-58(65)37-21-39-60(63)67(46-26-9-3-10-27-46)48-40-41-52-50-31-17-20-38-59(50)68(61(52)42-48)47-28-11-4-12-29-47/h1-43H. The van der Waals surface area contributed by atoms with E-state index in [1.54, 1.807) is 0 Å². The van der Waals surface area contributed by atoms with Crippen LogP contribution in [0.25, 0.3) is 60.5 Å². The summed E-state index contributed by atoms with van der Waals surface area (Å²) in [5.41, 5.74) is 19.9. The molecule has 14 rings (SSSR count). The Hall–Kier alpha value is -8.92. The van der Waals surface area contributed by atoms with E-state index in [4.69, 9.17) is 0 Å². The minimum absolute atomic E-state index is 0.595. The molecule has 0 saturated heterocycles. The highest BCUT2D eigenvalue weighted by atomic mass is 15.2. The van der Waals surface area contributed by atoms with Crippen molar-refractivity contribution in [1.29, 1.82) is 0 Å². The summed E-state index contributed by atoms with van der Waals surface area (Å²) in [6.07, 6.45) is 0. The molecule has 0 aliphatic heterocycles. The van der Waals surface area contributed by atoms with Crippen molar-refractivity contribution >= 4 is 66.7 Å². The zero-order valence-corrected chi connectivity index (χ0v) is 37.2. The maximum Gasteiger partial charge on any atom is 0.0732 e. The number of para-hydroxylation sites is 5. The summed E-state index contributed by atoms with van der Waals surface area (Å²) >= 11 is 0. The number of hydrogen-bond acceptors (Lipinski definition) is 2. The number of anilines is 6. The van der Waals surface area contributed by atoms with Gasteiger partial charge in [-0.25, -0.2) is 0 Å². The third-order valence-electron chi connectivity index (χ3n) is 14.5. The summed E-state index contributed by atoms with van der Waals surface area (Å²) in [4.78, 5) is 4.91. The van der Waals surface area contributed by atoms with E-state index >= 15 is 0 Å². The maximum absolute atomic E-state index is 2.49. The Morgan fingerprint density at radius 3 is 1.47 bits per heavy atom. The second kappa shape index (κ2) is 15.1. The first-order valence-corrected chi connectivity index (χ1v) is 23.5. The molecule has 0 fully saturated rings. The van der Waals surface area contributed by atoms with Crippen molar-refractivity contribution in [3.63, 3.8) is 0 Å². The Morgan fingerprint density at radius 2 is 0.794 bits per heavy atom. The summed E-state index contributed by atoms with van der Waals surface area (Å²) in [7, 11) is 0. The molecule has 3 heteroatoms. The molecule has 0 N–H and O–H groups in total. The number of hydrogen-bond donors (Lipinski definition) is 0. The monoisotopic (exact) mass is 865 g/mol. The lowest BCUT2D eigenvalue weighted by atomic mass is 9.69. The number of benzene rings is 11. The van der Waals surface area contributed by atoms with Crippen LogP contribution in [0.4, 0.5) is 34.1 Å². The van der Waals surface area contributed by atoms with E-state index < -0.39 is 5.41 Å². The minimum atomic E-state index is -0.595. The number of aromatic nitrogens is 1. The van der Waals surface area contributed by atoms with Crippen molar-refractivity contribution in [3.8, 4) is 27.9 Å². The quantitative estimate of drug-likeness (QED) is 0.158. The fourth-order valence-electron chi connectivity index (χ4n) is 11.9. The third kappa shape index (κ3) is 5.41. The van der Waals surface area contributed by atoms with Crippen LogP contribution in [-0.2, 0) is 5.41 Å². The molecule has 0 bridgehead atoms. The van der Waals surface area contributed by atoms with Crippen LogP contribution >= 0.6 is 0 Å². The molecule has 1 atom stereocenters. The van der Waals surface area contributed by atoms with Gasteiger partial charge in [0.1, 0.15) is 0 Å². The predicted molar refractivity (Wildman–Crippen MR) is 284 cm³/mol. The molecule has 1 unspecified atom stereocenters. The fraction of sp³-hybridized carbons (Fsp3) is 0.0154. The molecular weight excluding hydrogens is 823 g/mol. The molecule has 0 amide bonds. The predicted octanol–water partition coefficient (Wildman–Crippen LogP) is 17.2. The van der Waals surface area contributed by atoms with Gasteiger partial charge in [-0.2, -0.15) is 0 Å². The topological polar surface area (TPSA) is 11.4 Å². The van der Waals surface area contributed by atoms with Gasteiger partial charge in [0.15, 0.2) is 0 Å². The van der Waals surface area contributed by atoms with Gasteiger partial charge in [-0.05, 0) is 123 Å². The zero-order chi connectivity index (χ0) is 44.8. The van der Waals surface area contributed by atoms with Crippen LogP contribution in [0.15, 0.2) is 261 Å². The Balaban J connectivity index is 1.06. The average molecular weight is 866 g/mol. The minimum Gasteiger partial charge on any atom is -0.310 e. The molecule has 12 aromatic rings. The fourth-order valence-corrected chi connectivity index (χ4v) is 11.9. The molecule has 1 spiro atoms. The normalized spacial score (nSPS) is 14.2. The first-order chi connectivity index (χ1) is 33.8. The van der Waals surface area contributed by atoms with E-state index in [9.17, 15) is 0 Å². The van der Waals surface area contributed by atoms with Gasteiger partial charge in [0.05, 0.1) is 27.8 Å². The van der Waals surface area contributed by atoms with Crippen LogP contribution < -0.4 is 9.80 Å². The maximum atomic E-state index is 2.49. The Bertz CT molecular complexity index is 3870. The molecule has 1 heterocycles. The highest BCUT2D eigenvalue weighted by Gasteiger charge is 2.53. The Labute approximate surface area is 395 Å². The molecule has 318 valence electrons. The van der Waals surface area contributed by atoms with E-state index in [1.807, 2.05) is 0 Å². The largest absolute Gasteiger partial charge is 0.310 e. The molecular formula is C65H43N3. The summed E-state index contributed by atoms with van der Waals surface area (Å²) in [5, 5.41) is 4.93. The van der Waals surface area contributed by atoms with Gasteiger partial charge in [0.25, 0.3) is 0 Å². The summed E-state index contributed by atoms with van der Waals surface area (Å²) < 4.78 is 2.42. The van der Waals surface area contributed by atoms with E-state index in [2.05, 4.69) is 275 Å². The summed E-state index contributed by atoms with van der Waals surface area (Å²) in [5.74, 6) is 0. The first kappa shape index (κ1) is 38.4. The van der Waals surface area contributed by atoms with Gasteiger partial charge in [-0.3, -0.25) is 0 Å². The molecule has 11 aromatic carbocycles. The lowest BCUT2D eigenvalue weighted by Gasteiger charge is -2.33. The number of nitrogens with zero attached hydrogens (tertiary/aromatic N) is 3. The van der Waals surface area contributed by atoms with Crippen molar-refractivity contribution in [3.05, 3.63) is 283 Å². The van der Waals surface area contributed by atoms with Gasteiger partial charge >= 0.3 is 0 Å². The van der Waals surface area contributed by atoms with Gasteiger partial charge in [0, 0.05) is 50.2 Å². The molecule has 0 radical (unpaired) electrons. The lowest BCUT2D eigenvalue weighted by molar-refractivity contribution is 0.801. The van der Waals surface area contributed by atoms with Crippen LogP contribution in [0.2, 0.25) is 0 Å². The second-order valence-electron chi connectivity index (χ2n) is 18.0. The average Bonchev–Trinajstić information content (AvgIpc) is 4.02. The van der Waals surface area contributed by atoms with Crippen LogP contribution in [0, 0.1) is 0 Å². The molecule has 2 aliphatic rings. The summed E-state index contributed by atoms with van der Waals surface area (Å²) in [6, 6.07) is 96.1. The Morgan fingerprint density at radius 1 is 0.294 bits per heavy atom. The highest BCUT2D eigenvalue weighted by molar-refractivity contribution is 6.13. The van der Waals surface area contributed by atoms with Gasteiger partial charge in [0.2, 0.25) is 0 Å². The molecule has 2 aliphatic carbocycles. The SMILES string of the molecule is c1ccc(N(c2ccc3c4ccccc4n(-c4ccccc4)c3c2)c2cccc3c2-c2ccccc2C32c3ccccc3-c3cc(N(c4ccccc4)c4ccccc4)c4ccccc4c32)cc1. The molecule has 1 aromatic heterocycles. The van der Waals surface area contributed by atoms with Gasteiger partial charge in [-0.1, -0.05) is 182 Å². The van der Waals surface area contributed by atoms with E-state index in [0.29, 0.717) is 0 Å². The number of fused-ring (bicyclic) bond motifs is 15. The van der Waals surface area contributed by atoms with Crippen molar-refractivity contribution < 1.29 is 0 Å². The lowest BCUT2D eigenvalue weighted by Crippen LogP contribution is -2.26. The third-order valence-corrected chi connectivity index (χ3v) is 14.5. The molecule has 3 nitrogen and oxygen atoms in total.